The Balaban J connectivity index is 2.19. The number of aromatic amines is 1. The molecule has 0 radical (unpaired) electrons. The maximum atomic E-state index is 6.09. The van der Waals surface area contributed by atoms with Crippen LogP contribution in [-0.2, 0) is 0 Å². The van der Waals surface area contributed by atoms with Crippen LogP contribution in [0.4, 0.5) is 0 Å². The molecule has 0 amide bonds. The van der Waals surface area contributed by atoms with Gasteiger partial charge in [0.15, 0.2) is 4.77 Å². The van der Waals surface area contributed by atoms with E-state index >= 15 is 0 Å². The van der Waals surface area contributed by atoms with E-state index in [0.717, 1.165) is 27.4 Å². The van der Waals surface area contributed by atoms with E-state index in [2.05, 4.69) is 22.5 Å². The van der Waals surface area contributed by atoms with Crippen LogP contribution >= 0.6 is 23.8 Å². The molecule has 1 heterocycles. The minimum Gasteiger partial charge on any atom is -0.497 e. The Morgan fingerprint density at radius 3 is 2.76 bits per heavy atom. The molecule has 108 valence electrons. The Kier molecular flexibility index (Phi) is 3.74. The number of methoxy groups -OCH3 is 1. The molecular weight excluding hydrogens is 304 g/mol. The third-order valence-electron chi connectivity index (χ3n) is 3.64. The van der Waals surface area contributed by atoms with Crippen molar-refractivity contribution >= 4 is 34.9 Å². The lowest BCUT2D eigenvalue weighted by molar-refractivity contribution is 0.415. The van der Waals surface area contributed by atoms with Crippen molar-refractivity contribution in [2.24, 2.45) is 0 Å². The molecule has 5 heteroatoms. The summed E-state index contributed by atoms with van der Waals surface area (Å²) in [5, 5.41) is 0.725. The molecule has 3 nitrogen and oxygen atoms in total. The molecule has 3 rings (SSSR count). The van der Waals surface area contributed by atoms with Crippen LogP contribution < -0.4 is 4.74 Å². The van der Waals surface area contributed by atoms with Crippen molar-refractivity contribution in [3.63, 3.8) is 0 Å². The lowest BCUT2D eigenvalue weighted by Gasteiger charge is -2.15. The predicted molar refractivity (Wildman–Crippen MR) is 88.9 cm³/mol. The zero-order valence-electron chi connectivity index (χ0n) is 11.8. The van der Waals surface area contributed by atoms with Crippen molar-refractivity contribution in [1.29, 1.82) is 0 Å². The second-order valence-corrected chi connectivity index (χ2v) is 5.74. The monoisotopic (exact) mass is 318 g/mol. The summed E-state index contributed by atoms with van der Waals surface area (Å²) in [6.45, 7) is 2.11. The molecule has 0 aliphatic heterocycles. The van der Waals surface area contributed by atoms with Crippen LogP contribution in [0.5, 0.6) is 5.75 Å². The standard InChI is InChI=1S/C16H15ClN2OS/c1-10(11-4-3-5-12(17)8-11)19-15-9-13(20-2)6-7-14(15)18-16(19)21/h3-10H,1-2H3,(H,18,21). The molecule has 1 atom stereocenters. The van der Waals surface area contributed by atoms with Crippen molar-refractivity contribution in [1.82, 2.24) is 9.55 Å². The zero-order valence-corrected chi connectivity index (χ0v) is 13.3. The number of halogens is 1. The largest absolute Gasteiger partial charge is 0.497 e. The van der Waals surface area contributed by atoms with Gasteiger partial charge in [-0.2, -0.15) is 0 Å². The number of nitrogens with one attached hydrogen (secondary N) is 1. The van der Waals surface area contributed by atoms with E-state index in [-0.39, 0.29) is 6.04 Å². The number of benzene rings is 2. The van der Waals surface area contributed by atoms with Crippen LogP contribution in [0.1, 0.15) is 18.5 Å². The van der Waals surface area contributed by atoms with Crippen molar-refractivity contribution in [2.75, 3.05) is 7.11 Å². The molecule has 2 aromatic carbocycles. The number of fused-ring (bicyclic) bond motifs is 1. The number of H-pyrrole nitrogens is 1. The van der Waals surface area contributed by atoms with Crippen LogP contribution in [0, 0.1) is 4.77 Å². The van der Waals surface area contributed by atoms with Crippen LogP contribution in [0.15, 0.2) is 42.5 Å². The average Bonchev–Trinajstić information content (AvgIpc) is 2.81. The number of ether oxygens (including phenoxy) is 1. The van der Waals surface area contributed by atoms with Gasteiger partial charge in [0.1, 0.15) is 5.75 Å². The van der Waals surface area contributed by atoms with Gasteiger partial charge >= 0.3 is 0 Å². The quantitative estimate of drug-likeness (QED) is 0.691. The zero-order chi connectivity index (χ0) is 15.0. The second-order valence-electron chi connectivity index (χ2n) is 4.91. The second kappa shape index (κ2) is 5.54. The van der Waals surface area contributed by atoms with E-state index < -0.39 is 0 Å². The van der Waals surface area contributed by atoms with Gasteiger partial charge in [-0.3, -0.25) is 0 Å². The first-order valence-corrected chi connectivity index (χ1v) is 7.42. The molecule has 0 saturated carbocycles. The van der Waals surface area contributed by atoms with E-state index in [1.807, 2.05) is 36.4 Å². The Hall–Kier alpha value is -1.78. The first-order chi connectivity index (χ1) is 10.1. The van der Waals surface area contributed by atoms with Crippen LogP contribution in [0.3, 0.4) is 0 Å². The van der Waals surface area contributed by atoms with E-state index in [4.69, 9.17) is 28.6 Å². The minimum atomic E-state index is 0.0806. The number of nitrogens with zero attached hydrogens (tertiary/aromatic N) is 1. The molecule has 0 saturated heterocycles. The van der Waals surface area contributed by atoms with Gasteiger partial charge < -0.3 is 14.3 Å². The highest BCUT2D eigenvalue weighted by atomic mass is 35.5. The van der Waals surface area contributed by atoms with Gasteiger partial charge in [0, 0.05) is 11.1 Å². The van der Waals surface area contributed by atoms with Crippen molar-refractivity contribution in [3.8, 4) is 5.75 Å². The Labute approximate surface area is 133 Å². The summed E-state index contributed by atoms with van der Waals surface area (Å²) in [6.07, 6.45) is 0. The normalized spacial score (nSPS) is 12.5. The molecule has 0 aliphatic carbocycles. The fraction of sp³-hybridized carbons (Fsp3) is 0.188. The van der Waals surface area contributed by atoms with Gasteiger partial charge in [-0.05, 0) is 49.0 Å². The molecule has 3 aromatic rings. The summed E-state index contributed by atoms with van der Waals surface area (Å²) in [6, 6.07) is 13.8. The molecule has 1 aromatic heterocycles. The van der Waals surface area contributed by atoms with E-state index in [0.29, 0.717) is 4.77 Å². The molecule has 1 N–H and O–H groups in total. The van der Waals surface area contributed by atoms with Gasteiger partial charge in [-0.25, -0.2) is 0 Å². The molecular formula is C16H15ClN2OS. The summed E-state index contributed by atoms with van der Waals surface area (Å²) in [4.78, 5) is 3.23. The van der Waals surface area contributed by atoms with Crippen LogP contribution in [0.2, 0.25) is 5.02 Å². The van der Waals surface area contributed by atoms with Crippen LogP contribution in [-0.4, -0.2) is 16.7 Å². The van der Waals surface area contributed by atoms with E-state index in [9.17, 15) is 0 Å². The molecule has 1 unspecified atom stereocenters. The van der Waals surface area contributed by atoms with Crippen LogP contribution in [0.25, 0.3) is 11.0 Å². The average molecular weight is 319 g/mol. The highest BCUT2D eigenvalue weighted by Crippen LogP contribution is 2.28. The summed E-state index contributed by atoms with van der Waals surface area (Å²) in [5.41, 5.74) is 3.13. The highest BCUT2D eigenvalue weighted by Gasteiger charge is 2.14. The third kappa shape index (κ3) is 2.57. The maximum absolute atomic E-state index is 6.09. The molecule has 0 aliphatic rings. The Bertz CT molecular complexity index is 853. The first-order valence-electron chi connectivity index (χ1n) is 6.64. The molecule has 0 bridgehead atoms. The molecule has 0 fully saturated rings. The fourth-order valence-electron chi connectivity index (χ4n) is 2.53. The molecule has 0 spiro atoms. The summed E-state index contributed by atoms with van der Waals surface area (Å²) in [7, 11) is 1.66. The number of hydrogen-bond acceptors (Lipinski definition) is 2. The van der Waals surface area contributed by atoms with E-state index in [1.54, 1.807) is 7.11 Å². The topological polar surface area (TPSA) is 29.9 Å². The lowest BCUT2D eigenvalue weighted by Crippen LogP contribution is -2.06. The smallest absolute Gasteiger partial charge is 0.178 e. The number of aromatic nitrogens is 2. The summed E-state index contributed by atoms with van der Waals surface area (Å²) in [5.74, 6) is 0.809. The fourth-order valence-corrected chi connectivity index (χ4v) is 3.09. The Morgan fingerprint density at radius 1 is 1.24 bits per heavy atom. The summed E-state index contributed by atoms with van der Waals surface area (Å²) >= 11 is 11.6. The summed E-state index contributed by atoms with van der Waals surface area (Å²) < 4.78 is 8.08. The van der Waals surface area contributed by atoms with Gasteiger partial charge in [0.25, 0.3) is 0 Å². The number of rotatable bonds is 3. The van der Waals surface area contributed by atoms with Gasteiger partial charge in [0.2, 0.25) is 0 Å². The van der Waals surface area contributed by atoms with E-state index in [1.165, 1.54) is 0 Å². The maximum Gasteiger partial charge on any atom is 0.178 e. The molecule has 21 heavy (non-hydrogen) atoms. The van der Waals surface area contributed by atoms with Crippen molar-refractivity contribution in [3.05, 3.63) is 57.8 Å². The first kappa shape index (κ1) is 14.2. The van der Waals surface area contributed by atoms with Crippen molar-refractivity contribution in [2.45, 2.75) is 13.0 Å². The van der Waals surface area contributed by atoms with Crippen molar-refractivity contribution < 1.29 is 4.74 Å². The SMILES string of the molecule is COc1ccc2[nH]c(=S)n(C(C)c3cccc(Cl)c3)c2c1. The minimum absolute atomic E-state index is 0.0806. The van der Waals surface area contributed by atoms with Gasteiger partial charge in [-0.15, -0.1) is 0 Å². The lowest BCUT2D eigenvalue weighted by atomic mass is 10.1. The highest BCUT2D eigenvalue weighted by molar-refractivity contribution is 7.71. The number of imidazole rings is 1. The number of hydrogen-bond donors (Lipinski definition) is 1. The van der Waals surface area contributed by atoms with Gasteiger partial charge in [-0.1, -0.05) is 23.7 Å². The predicted octanol–water partition coefficient (Wildman–Crippen LogP) is 4.97. The third-order valence-corrected chi connectivity index (χ3v) is 4.18. The van der Waals surface area contributed by atoms with Gasteiger partial charge in [0.05, 0.1) is 24.2 Å². The Morgan fingerprint density at radius 2 is 2.05 bits per heavy atom.